The van der Waals surface area contributed by atoms with Crippen LogP contribution in [0.4, 0.5) is 10.6 Å². The molecule has 2 heterocycles. The van der Waals surface area contributed by atoms with Crippen molar-refractivity contribution in [3.8, 4) is 5.75 Å². The Morgan fingerprint density at radius 1 is 1.00 bits per heavy atom. The predicted molar refractivity (Wildman–Crippen MR) is 151 cm³/mol. The van der Waals surface area contributed by atoms with Crippen LogP contribution in [0.15, 0.2) is 79.0 Å². The van der Waals surface area contributed by atoms with Crippen molar-refractivity contribution in [2.75, 3.05) is 25.7 Å². The molecule has 0 aliphatic rings. The van der Waals surface area contributed by atoms with Gasteiger partial charge in [-0.3, -0.25) is 9.69 Å². The SMILES string of the molecule is COC(=O)CC(c1ccccc1)n1ccc2cc(OCCc3cccc(N(C)C(=O)OC(C)(C)C)n3)ccc21. The number of benzene rings is 2. The van der Waals surface area contributed by atoms with Crippen molar-refractivity contribution in [1.82, 2.24) is 9.55 Å². The highest BCUT2D eigenvalue weighted by Crippen LogP contribution is 2.30. The summed E-state index contributed by atoms with van der Waals surface area (Å²) in [5.74, 6) is 0.997. The van der Waals surface area contributed by atoms with Gasteiger partial charge in [-0.15, -0.1) is 0 Å². The molecule has 0 bridgehead atoms. The Hall–Kier alpha value is -4.33. The molecule has 4 aromatic rings. The topological polar surface area (TPSA) is 82.9 Å². The van der Waals surface area contributed by atoms with Crippen LogP contribution in [0, 0.1) is 0 Å². The maximum atomic E-state index is 12.4. The second-order valence-corrected chi connectivity index (χ2v) is 10.3. The average molecular weight is 530 g/mol. The number of nitrogens with zero attached hydrogens (tertiary/aromatic N) is 3. The quantitative estimate of drug-likeness (QED) is 0.241. The molecule has 8 nitrogen and oxygen atoms in total. The average Bonchev–Trinajstić information content (AvgIpc) is 3.34. The molecule has 1 amide bonds. The van der Waals surface area contributed by atoms with E-state index in [1.54, 1.807) is 13.1 Å². The smallest absolute Gasteiger partial charge is 0.415 e. The summed E-state index contributed by atoms with van der Waals surface area (Å²) in [4.78, 5) is 30.6. The molecule has 39 heavy (non-hydrogen) atoms. The molecule has 4 rings (SSSR count). The van der Waals surface area contributed by atoms with Gasteiger partial charge < -0.3 is 18.8 Å². The number of amides is 1. The molecule has 0 spiro atoms. The van der Waals surface area contributed by atoms with E-state index in [1.165, 1.54) is 12.0 Å². The zero-order valence-corrected chi connectivity index (χ0v) is 23.1. The van der Waals surface area contributed by atoms with Crippen LogP contribution >= 0.6 is 0 Å². The highest BCUT2D eigenvalue weighted by molar-refractivity contribution is 5.86. The lowest BCUT2D eigenvalue weighted by Gasteiger charge is -2.24. The molecule has 2 aromatic carbocycles. The molecule has 2 aromatic heterocycles. The lowest BCUT2D eigenvalue weighted by atomic mass is 10.0. The van der Waals surface area contributed by atoms with Crippen LogP contribution in [-0.4, -0.2) is 48.0 Å². The molecular weight excluding hydrogens is 494 g/mol. The first kappa shape index (κ1) is 27.7. The van der Waals surface area contributed by atoms with Crippen molar-refractivity contribution in [3.05, 3.63) is 90.3 Å². The maximum absolute atomic E-state index is 12.4. The van der Waals surface area contributed by atoms with Crippen molar-refractivity contribution in [3.63, 3.8) is 0 Å². The van der Waals surface area contributed by atoms with Crippen LogP contribution in [0.5, 0.6) is 5.75 Å². The Balaban J connectivity index is 1.43. The third-order valence-corrected chi connectivity index (χ3v) is 6.23. The monoisotopic (exact) mass is 529 g/mol. The number of pyridine rings is 1. The number of ether oxygens (including phenoxy) is 3. The first-order chi connectivity index (χ1) is 18.6. The second-order valence-electron chi connectivity index (χ2n) is 10.3. The van der Waals surface area contributed by atoms with Gasteiger partial charge in [0.2, 0.25) is 0 Å². The third-order valence-electron chi connectivity index (χ3n) is 6.23. The molecule has 0 saturated heterocycles. The van der Waals surface area contributed by atoms with E-state index in [4.69, 9.17) is 14.2 Å². The lowest BCUT2D eigenvalue weighted by molar-refractivity contribution is -0.141. The van der Waals surface area contributed by atoms with Gasteiger partial charge in [0.1, 0.15) is 17.2 Å². The van der Waals surface area contributed by atoms with Gasteiger partial charge in [-0.05, 0) is 62.7 Å². The van der Waals surface area contributed by atoms with Crippen LogP contribution in [-0.2, 0) is 20.7 Å². The molecule has 8 heteroatoms. The number of carbonyl (C=O) groups excluding carboxylic acids is 2. The zero-order valence-electron chi connectivity index (χ0n) is 23.1. The number of hydrogen-bond donors (Lipinski definition) is 0. The number of esters is 1. The van der Waals surface area contributed by atoms with Gasteiger partial charge in [0.15, 0.2) is 0 Å². The summed E-state index contributed by atoms with van der Waals surface area (Å²) < 4.78 is 18.5. The largest absolute Gasteiger partial charge is 0.493 e. The summed E-state index contributed by atoms with van der Waals surface area (Å²) in [7, 11) is 3.05. The fraction of sp³-hybridized carbons (Fsp3) is 0.323. The van der Waals surface area contributed by atoms with E-state index < -0.39 is 11.7 Å². The van der Waals surface area contributed by atoms with Crippen molar-refractivity contribution in [1.29, 1.82) is 0 Å². The number of fused-ring (bicyclic) bond motifs is 1. The zero-order chi connectivity index (χ0) is 28.0. The lowest BCUT2D eigenvalue weighted by Crippen LogP contribution is -2.34. The molecule has 1 unspecified atom stereocenters. The van der Waals surface area contributed by atoms with E-state index in [1.807, 2.05) is 93.7 Å². The highest BCUT2D eigenvalue weighted by Gasteiger charge is 2.22. The Kier molecular flexibility index (Phi) is 8.54. The van der Waals surface area contributed by atoms with E-state index in [-0.39, 0.29) is 18.4 Å². The Morgan fingerprint density at radius 2 is 1.77 bits per heavy atom. The number of rotatable bonds is 9. The summed E-state index contributed by atoms with van der Waals surface area (Å²) in [6.45, 7) is 5.91. The molecular formula is C31H35N3O5. The summed E-state index contributed by atoms with van der Waals surface area (Å²) >= 11 is 0. The fourth-order valence-electron chi connectivity index (χ4n) is 4.29. The number of carbonyl (C=O) groups is 2. The summed E-state index contributed by atoms with van der Waals surface area (Å²) in [6, 6.07) is 23.3. The molecule has 1 atom stereocenters. The van der Waals surface area contributed by atoms with Gasteiger partial charge in [-0.25, -0.2) is 9.78 Å². The van der Waals surface area contributed by atoms with Crippen molar-refractivity contribution < 1.29 is 23.8 Å². The minimum absolute atomic E-state index is 0.180. The van der Waals surface area contributed by atoms with Crippen molar-refractivity contribution in [2.24, 2.45) is 0 Å². The molecule has 0 saturated carbocycles. The molecule has 0 aliphatic heterocycles. The minimum Gasteiger partial charge on any atom is -0.493 e. The molecule has 0 radical (unpaired) electrons. The standard InChI is InChI=1S/C31H35N3O5/c1-31(2,3)39-30(36)33(4)28-13-9-12-24(32-28)17-19-38-25-14-15-26-23(20-25)16-18-34(26)27(21-29(35)37-5)22-10-7-6-8-11-22/h6-16,18,20,27H,17,19,21H2,1-5H3. The normalized spacial score (nSPS) is 12.1. The van der Waals surface area contributed by atoms with E-state index in [0.29, 0.717) is 18.8 Å². The molecule has 0 N–H and O–H groups in total. The number of aromatic nitrogens is 2. The first-order valence-corrected chi connectivity index (χ1v) is 12.9. The molecule has 204 valence electrons. The van der Waals surface area contributed by atoms with Crippen molar-refractivity contribution in [2.45, 2.75) is 45.3 Å². The Bertz CT molecular complexity index is 1430. The number of hydrogen-bond acceptors (Lipinski definition) is 6. The van der Waals surface area contributed by atoms with Gasteiger partial charge in [0.05, 0.1) is 26.2 Å². The maximum Gasteiger partial charge on any atom is 0.415 e. The summed E-state index contributed by atoms with van der Waals surface area (Å²) in [5, 5.41) is 1.01. The minimum atomic E-state index is -0.581. The van der Waals surface area contributed by atoms with Crippen LogP contribution in [0.2, 0.25) is 0 Å². The number of anilines is 1. The Morgan fingerprint density at radius 3 is 2.49 bits per heavy atom. The predicted octanol–water partition coefficient (Wildman–Crippen LogP) is 6.18. The van der Waals surface area contributed by atoms with E-state index in [0.717, 1.165) is 27.9 Å². The van der Waals surface area contributed by atoms with E-state index in [2.05, 4.69) is 9.55 Å². The van der Waals surface area contributed by atoms with Crippen LogP contribution in [0.25, 0.3) is 10.9 Å². The van der Waals surface area contributed by atoms with Crippen LogP contribution in [0.3, 0.4) is 0 Å². The molecule has 0 fully saturated rings. The van der Waals surface area contributed by atoms with Crippen LogP contribution < -0.4 is 9.64 Å². The van der Waals surface area contributed by atoms with Crippen molar-refractivity contribution >= 4 is 28.8 Å². The Labute approximate surface area is 229 Å². The second kappa shape index (κ2) is 12.0. The third kappa shape index (κ3) is 7.16. The van der Waals surface area contributed by atoms with Gasteiger partial charge in [0.25, 0.3) is 0 Å². The first-order valence-electron chi connectivity index (χ1n) is 12.9. The molecule has 0 aliphatic carbocycles. The van der Waals surface area contributed by atoms with E-state index in [9.17, 15) is 9.59 Å². The van der Waals surface area contributed by atoms with E-state index >= 15 is 0 Å². The van der Waals surface area contributed by atoms with Gasteiger partial charge in [-0.2, -0.15) is 0 Å². The fourth-order valence-corrected chi connectivity index (χ4v) is 4.29. The van der Waals surface area contributed by atoms with Gasteiger partial charge >= 0.3 is 12.1 Å². The summed E-state index contributed by atoms with van der Waals surface area (Å²) in [6.07, 6.45) is 2.35. The van der Waals surface area contributed by atoms with Gasteiger partial charge in [-0.1, -0.05) is 36.4 Å². The van der Waals surface area contributed by atoms with Crippen LogP contribution in [0.1, 0.15) is 44.5 Å². The highest BCUT2D eigenvalue weighted by atomic mass is 16.6. The number of methoxy groups -OCH3 is 1. The van der Waals surface area contributed by atoms with Gasteiger partial charge in [0, 0.05) is 36.3 Å². The summed E-state index contributed by atoms with van der Waals surface area (Å²) in [5.41, 5.74) is 2.26.